The first-order chi connectivity index (χ1) is 16.8. The number of halogens is 2. The van der Waals surface area contributed by atoms with E-state index < -0.39 is 29.7 Å². The van der Waals surface area contributed by atoms with Crippen molar-refractivity contribution < 1.29 is 18.7 Å². The highest BCUT2D eigenvalue weighted by atomic mass is 35.5. The van der Waals surface area contributed by atoms with E-state index in [1.165, 1.54) is 25.3 Å². The zero-order valence-corrected chi connectivity index (χ0v) is 19.5. The number of fused-ring (bicyclic) bond motifs is 1. The minimum absolute atomic E-state index is 0.0543. The molecule has 178 valence electrons. The van der Waals surface area contributed by atoms with Crippen LogP contribution in [0.25, 0.3) is 16.5 Å². The molecule has 0 radical (unpaired) electrons. The summed E-state index contributed by atoms with van der Waals surface area (Å²) in [6.07, 6.45) is 0. The first kappa shape index (κ1) is 23.9. The van der Waals surface area contributed by atoms with E-state index in [9.17, 15) is 18.8 Å². The highest BCUT2D eigenvalue weighted by molar-refractivity contribution is 6.32. The third-order valence-corrected chi connectivity index (χ3v) is 5.56. The van der Waals surface area contributed by atoms with Crippen molar-refractivity contribution in [3.8, 4) is 11.4 Å². The maximum absolute atomic E-state index is 13.7. The largest absolute Gasteiger partial charge is 0.495 e. The fraction of sp³-hybridized carbons (Fsp3) is 0.120. The summed E-state index contributed by atoms with van der Waals surface area (Å²) < 4.78 is 19.9. The Morgan fingerprint density at radius 3 is 2.51 bits per heavy atom. The van der Waals surface area contributed by atoms with Gasteiger partial charge in [-0.25, -0.2) is 4.39 Å². The van der Waals surface area contributed by atoms with E-state index in [0.29, 0.717) is 22.4 Å². The molecule has 2 N–H and O–H groups in total. The van der Waals surface area contributed by atoms with Crippen molar-refractivity contribution >= 4 is 39.9 Å². The van der Waals surface area contributed by atoms with Gasteiger partial charge in [0.25, 0.3) is 11.5 Å². The third-order valence-electron chi connectivity index (χ3n) is 5.27. The first-order valence-electron chi connectivity index (χ1n) is 10.5. The Kier molecular flexibility index (Phi) is 6.79. The molecular formula is C25H20ClFN4O4. The number of hydrogen-bond acceptors (Lipinski definition) is 5. The highest BCUT2D eigenvalue weighted by Crippen LogP contribution is 2.26. The maximum atomic E-state index is 13.7. The smallest absolute Gasteiger partial charge is 0.279 e. The quantitative estimate of drug-likeness (QED) is 0.424. The van der Waals surface area contributed by atoms with Crippen LogP contribution in [0, 0.1) is 12.7 Å². The van der Waals surface area contributed by atoms with Crippen LogP contribution in [0.3, 0.4) is 0 Å². The zero-order chi connectivity index (χ0) is 25.1. The molecular weight excluding hydrogens is 475 g/mol. The third kappa shape index (κ3) is 4.99. The summed E-state index contributed by atoms with van der Waals surface area (Å²) in [5.41, 5.74) is 0.543. The van der Waals surface area contributed by atoms with Crippen LogP contribution in [0.1, 0.15) is 16.1 Å². The van der Waals surface area contributed by atoms with Crippen molar-refractivity contribution in [1.82, 2.24) is 15.1 Å². The molecule has 0 atom stereocenters. The predicted molar refractivity (Wildman–Crippen MR) is 131 cm³/mol. The number of benzene rings is 3. The van der Waals surface area contributed by atoms with Gasteiger partial charge in [-0.15, -0.1) is 0 Å². The highest BCUT2D eigenvalue weighted by Gasteiger charge is 2.19. The molecule has 0 saturated carbocycles. The van der Waals surface area contributed by atoms with Crippen LogP contribution in [0.4, 0.5) is 10.1 Å². The molecule has 1 aromatic heterocycles. The maximum Gasteiger partial charge on any atom is 0.279 e. The Balaban J connectivity index is 1.62. The van der Waals surface area contributed by atoms with E-state index >= 15 is 0 Å². The van der Waals surface area contributed by atoms with Gasteiger partial charge in [0.1, 0.15) is 11.6 Å². The monoisotopic (exact) mass is 494 g/mol. The molecule has 0 aliphatic heterocycles. The second-order valence-corrected chi connectivity index (χ2v) is 8.03. The fourth-order valence-electron chi connectivity index (χ4n) is 3.44. The van der Waals surface area contributed by atoms with Crippen LogP contribution in [0.5, 0.6) is 5.75 Å². The van der Waals surface area contributed by atoms with E-state index in [2.05, 4.69) is 15.7 Å². The van der Waals surface area contributed by atoms with Crippen molar-refractivity contribution in [2.75, 3.05) is 19.0 Å². The standard InChI is InChI=1S/C25H20ClFN4O4/c1-14-7-8-15(11-20(14)27)29-22(32)13-28-24(33)23-17-5-3-4-6-18(17)25(34)31(30-23)16-9-10-21(35-2)19(26)12-16/h3-12H,13H2,1-2H3,(H,28,33)(H,29,32). The minimum Gasteiger partial charge on any atom is -0.495 e. The molecule has 0 fully saturated rings. The molecule has 2 amide bonds. The normalized spacial score (nSPS) is 10.7. The number of nitrogens with one attached hydrogen (secondary N) is 2. The summed E-state index contributed by atoms with van der Waals surface area (Å²) in [5.74, 6) is -1.26. The number of carbonyl (C=O) groups excluding carboxylic acids is 2. The molecule has 1 heterocycles. The Labute approximate surface area is 204 Å². The summed E-state index contributed by atoms with van der Waals surface area (Å²) in [5, 5.41) is 10.1. The van der Waals surface area contributed by atoms with Crippen molar-refractivity contribution in [1.29, 1.82) is 0 Å². The molecule has 10 heteroatoms. The lowest BCUT2D eigenvalue weighted by atomic mass is 10.1. The summed E-state index contributed by atoms with van der Waals surface area (Å²) in [6, 6.07) is 15.5. The molecule has 0 bridgehead atoms. The van der Waals surface area contributed by atoms with E-state index in [-0.39, 0.29) is 21.8 Å². The summed E-state index contributed by atoms with van der Waals surface area (Å²) in [7, 11) is 1.47. The van der Waals surface area contributed by atoms with Crippen LogP contribution < -0.4 is 20.9 Å². The summed E-state index contributed by atoms with van der Waals surface area (Å²) >= 11 is 6.21. The Hall–Kier alpha value is -4.24. The van der Waals surface area contributed by atoms with Gasteiger partial charge in [-0.05, 0) is 48.9 Å². The lowest BCUT2D eigenvalue weighted by Gasteiger charge is -2.12. The van der Waals surface area contributed by atoms with Crippen LogP contribution in [-0.2, 0) is 4.79 Å². The van der Waals surface area contributed by atoms with E-state index in [0.717, 1.165) is 4.68 Å². The van der Waals surface area contributed by atoms with Gasteiger partial charge in [-0.3, -0.25) is 14.4 Å². The Morgan fingerprint density at radius 2 is 1.83 bits per heavy atom. The van der Waals surface area contributed by atoms with Gasteiger partial charge in [-0.2, -0.15) is 9.78 Å². The summed E-state index contributed by atoms with van der Waals surface area (Å²) in [4.78, 5) is 38.4. The molecule has 0 saturated heterocycles. The Morgan fingerprint density at radius 1 is 1.09 bits per heavy atom. The molecule has 3 aromatic carbocycles. The van der Waals surface area contributed by atoms with Gasteiger partial charge in [0.15, 0.2) is 5.69 Å². The minimum atomic E-state index is -0.667. The average Bonchev–Trinajstić information content (AvgIpc) is 2.85. The molecule has 35 heavy (non-hydrogen) atoms. The number of rotatable bonds is 6. The fourth-order valence-corrected chi connectivity index (χ4v) is 3.69. The van der Waals surface area contributed by atoms with Gasteiger partial charge in [0.05, 0.1) is 29.8 Å². The van der Waals surface area contributed by atoms with Crippen molar-refractivity contribution in [3.63, 3.8) is 0 Å². The van der Waals surface area contributed by atoms with Crippen LogP contribution >= 0.6 is 11.6 Å². The predicted octanol–water partition coefficient (Wildman–Crippen LogP) is 3.86. The van der Waals surface area contributed by atoms with Crippen LogP contribution in [-0.4, -0.2) is 35.2 Å². The van der Waals surface area contributed by atoms with Gasteiger partial charge >= 0.3 is 0 Å². The number of hydrogen-bond donors (Lipinski definition) is 2. The lowest BCUT2D eigenvalue weighted by Crippen LogP contribution is -2.35. The number of aromatic nitrogens is 2. The van der Waals surface area contributed by atoms with Crippen molar-refractivity contribution in [3.05, 3.63) is 93.1 Å². The van der Waals surface area contributed by atoms with Crippen LogP contribution in [0.15, 0.2) is 65.5 Å². The average molecular weight is 495 g/mol. The van der Waals surface area contributed by atoms with Crippen molar-refractivity contribution in [2.45, 2.75) is 6.92 Å². The number of ether oxygens (including phenoxy) is 1. The first-order valence-corrected chi connectivity index (χ1v) is 10.9. The number of nitrogens with zero attached hydrogens (tertiary/aromatic N) is 2. The molecule has 0 aliphatic rings. The van der Waals surface area contributed by atoms with Gasteiger partial charge < -0.3 is 15.4 Å². The van der Waals surface area contributed by atoms with Crippen molar-refractivity contribution in [2.24, 2.45) is 0 Å². The second-order valence-electron chi connectivity index (χ2n) is 7.62. The number of carbonyl (C=O) groups is 2. The topological polar surface area (TPSA) is 102 Å². The van der Waals surface area contributed by atoms with E-state index in [4.69, 9.17) is 16.3 Å². The van der Waals surface area contributed by atoms with Crippen LogP contribution in [0.2, 0.25) is 5.02 Å². The second kappa shape index (κ2) is 9.94. The van der Waals surface area contributed by atoms with Gasteiger partial charge in [0.2, 0.25) is 5.91 Å². The van der Waals surface area contributed by atoms with Gasteiger partial charge in [-0.1, -0.05) is 35.9 Å². The Bertz CT molecular complexity index is 1520. The summed E-state index contributed by atoms with van der Waals surface area (Å²) in [6.45, 7) is 1.22. The number of aryl methyl sites for hydroxylation is 1. The molecule has 4 aromatic rings. The zero-order valence-electron chi connectivity index (χ0n) is 18.8. The van der Waals surface area contributed by atoms with Gasteiger partial charge in [0, 0.05) is 11.1 Å². The molecule has 4 rings (SSSR count). The lowest BCUT2D eigenvalue weighted by molar-refractivity contribution is -0.115. The molecule has 0 spiro atoms. The SMILES string of the molecule is COc1ccc(-n2nc(C(=O)NCC(=O)Nc3ccc(C)c(F)c3)c3ccccc3c2=O)cc1Cl. The van der Waals surface area contributed by atoms with E-state index in [1.807, 2.05) is 0 Å². The molecule has 0 unspecified atom stereocenters. The number of methoxy groups -OCH3 is 1. The van der Waals surface area contributed by atoms with E-state index in [1.54, 1.807) is 49.4 Å². The number of amides is 2. The number of anilines is 1. The molecule has 8 nitrogen and oxygen atoms in total. The molecule has 0 aliphatic carbocycles.